The molecular formula is C15H30N4. The molecule has 0 unspecified atom stereocenters. The average Bonchev–Trinajstić information content (AvgIpc) is 2.61. The van der Waals surface area contributed by atoms with Crippen molar-refractivity contribution >= 4 is 5.82 Å². The number of anilines is 1. The van der Waals surface area contributed by atoms with Crippen LogP contribution in [0, 0.1) is 6.92 Å². The number of hydrogen-bond acceptors (Lipinski definition) is 3. The van der Waals surface area contributed by atoms with Gasteiger partial charge in [-0.1, -0.05) is 19.8 Å². The molecule has 0 saturated heterocycles. The van der Waals surface area contributed by atoms with Gasteiger partial charge in [-0.15, -0.1) is 0 Å². The first-order valence-electron chi connectivity index (χ1n) is 7.46. The van der Waals surface area contributed by atoms with Crippen LogP contribution in [0.2, 0.25) is 0 Å². The highest BCUT2D eigenvalue weighted by molar-refractivity contribution is 5.50. The molecule has 1 aromatic rings. The van der Waals surface area contributed by atoms with Gasteiger partial charge >= 0.3 is 0 Å². The highest BCUT2D eigenvalue weighted by Crippen LogP contribution is 2.25. The average molecular weight is 266 g/mol. The van der Waals surface area contributed by atoms with Gasteiger partial charge in [0.1, 0.15) is 5.82 Å². The number of aryl methyl sites for hydroxylation is 2. The van der Waals surface area contributed by atoms with Gasteiger partial charge in [0.05, 0.1) is 5.69 Å². The topological polar surface area (TPSA) is 33.1 Å². The van der Waals surface area contributed by atoms with Gasteiger partial charge in [-0.2, -0.15) is 5.10 Å². The highest BCUT2D eigenvalue weighted by Gasteiger charge is 2.20. The second-order valence-electron chi connectivity index (χ2n) is 5.54. The van der Waals surface area contributed by atoms with E-state index in [1.807, 2.05) is 11.7 Å². The van der Waals surface area contributed by atoms with E-state index in [9.17, 15) is 0 Å². The summed E-state index contributed by atoms with van der Waals surface area (Å²) in [4.78, 5) is 2.49. The van der Waals surface area contributed by atoms with E-state index in [4.69, 9.17) is 0 Å². The molecule has 1 heterocycles. The van der Waals surface area contributed by atoms with Gasteiger partial charge in [0.15, 0.2) is 0 Å². The Morgan fingerprint density at radius 3 is 2.53 bits per heavy atom. The Labute approximate surface area is 118 Å². The fraction of sp³-hybridized carbons (Fsp3) is 0.800. The summed E-state index contributed by atoms with van der Waals surface area (Å²) in [6.45, 7) is 10.9. The summed E-state index contributed by atoms with van der Waals surface area (Å²) < 4.78 is 2.04. The zero-order valence-corrected chi connectivity index (χ0v) is 13.5. The summed E-state index contributed by atoms with van der Waals surface area (Å²) in [6.07, 6.45) is 3.80. The normalized spacial score (nSPS) is 11.3. The maximum absolute atomic E-state index is 4.60. The molecular weight excluding hydrogens is 236 g/mol. The van der Waals surface area contributed by atoms with Crippen molar-refractivity contribution in [3.05, 3.63) is 11.3 Å². The molecule has 0 saturated carbocycles. The Hall–Kier alpha value is -1.03. The minimum absolute atomic E-state index is 0.502. The lowest BCUT2D eigenvalue weighted by molar-refractivity contribution is 0.596. The molecule has 4 heteroatoms. The van der Waals surface area contributed by atoms with E-state index in [0.29, 0.717) is 6.04 Å². The fourth-order valence-electron chi connectivity index (χ4n) is 2.57. The molecule has 110 valence electrons. The summed E-state index contributed by atoms with van der Waals surface area (Å²) in [5, 5.41) is 7.86. The fourth-order valence-corrected chi connectivity index (χ4v) is 2.57. The van der Waals surface area contributed by atoms with Crippen LogP contribution in [0.4, 0.5) is 5.82 Å². The molecule has 0 aliphatic rings. The lowest BCUT2D eigenvalue weighted by Gasteiger charge is -2.30. The third-order valence-electron chi connectivity index (χ3n) is 3.56. The van der Waals surface area contributed by atoms with Crippen molar-refractivity contribution in [3.8, 4) is 0 Å². The first-order valence-corrected chi connectivity index (χ1v) is 7.46. The summed E-state index contributed by atoms with van der Waals surface area (Å²) >= 11 is 0. The molecule has 0 radical (unpaired) electrons. The lowest BCUT2D eigenvalue weighted by Crippen LogP contribution is -2.34. The molecule has 0 aliphatic heterocycles. The summed E-state index contributed by atoms with van der Waals surface area (Å²) in [6, 6.07) is 0.502. The van der Waals surface area contributed by atoms with Crippen LogP contribution in [0.3, 0.4) is 0 Å². The van der Waals surface area contributed by atoms with Crippen molar-refractivity contribution in [2.24, 2.45) is 7.05 Å². The van der Waals surface area contributed by atoms with Crippen molar-refractivity contribution in [2.45, 2.75) is 59.5 Å². The minimum Gasteiger partial charge on any atom is -0.354 e. The van der Waals surface area contributed by atoms with E-state index in [1.165, 1.54) is 30.6 Å². The predicted octanol–water partition coefficient (Wildman–Crippen LogP) is 2.85. The van der Waals surface area contributed by atoms with Crippen LogP contribution in [0.25, 0.3) is 0 Å². The third kappa shape index (κ3) is 3.96. The van der Waals surface area contributed by atoms with Crippen LogP contribution in [0.5, 0.6) is 0 Å². The van der Waals surface area contributed by atoms with Gasteiger partial charge in [0.25, 0.3) is 0 Å². The first-order chi connectivity index (χ1) is 9.02. The van der Waals surface area contributed by atoms with Gasteiger partial charge in [-0.05, 0) is 34.2 Å². The number of rotatable bonds is 8. The maximum atomic E-state index is 4.60. The van der Waals surface area contributed by atoms with Crippen molar-refractivity contribution in [2.75, 3.05) is 18.5 Å². The monoisotopic (exact) mass is 266 g/mol. The lowest BCUT2D eigenvalue weighted by atomic mass is 10.1. The van der Waals surface area contributed by atoms with Crippen molar-refractivity contribution in [1.29, 1.82) is 0 Å². The molecule has 1 N–H and O–H groups in total. The van der Waals surface area contributed by atoms with Crippen LogP contribution < -0.4 is 10.2 Å². The van der Waals surface area contributed by atoms with Gasteiger partial charge in [-0.25, -0.2) is 0 Å². The minimum atomic E-state index is 0.502. The van der Waals surface area contributed by atoms with Crippen LogP contribution in [-0.4, -0.2) is 29.4 Å². The molecule has 19 heavy (non-hydrogen) atoms. The molecule has 4 nitrogen and oxygen atoms in total. The molecule has 0 fully saturated rings. The van der Waals surface area contributed by atoms with Gasteiger partial charge in [-0.3, -0.25) is 4.68 Å². The molecule has 0 aromatic carbocycles. The van der Waals surface area contributed by atoms with Gasteiger partial charge < -0.3 is 10.2 Å². The summed E-state index contributed by atoms with van der Waals surface area (Å²) in [7, 11) is 4.05. The largest absolute Gasteiger partial charge is 0.354 e. The third-order valence-corrected chi connectivity index (χ3v) is 3.56. The van der Waals surface area contributed by atoms with Crippen molar-refractivity contribution < 1.29 is 0 Å². The Morgan fingerprint density at radius 1 is 1.32 bits per heavy atom. The SMILES string of the molecule is CCCCCN(c1c(CNC)c(C)nn1C)C(C)C. The zero-order valence-electron chi connectivity index (χ0n) is 13.5. The molecule has 1 aromatic heterocycles. The van der Waals surface area contributed by atoms with Gasteiger partial charge in [0, 0.05) is 31.7 Å². The maximum Gasteiger partial charge on any atom is 0.131 e. The van der Waals surface area contributed by atoms with Crippen LogP contribution in [-0.2, 0) is 13.6 Å². The quantitative estimate of drug-likeness (QED) is 0.735. The highest BCUT2D eigenvalue weighted by atomic mass is 15.4. The molecule has 0 amide bonds. The van der Waals surface area contributed by atoms with E-state index in [0.717, 1.165) is 18.8 Å². The first kappa shape index (κ1) is 16.0. The number of nitrogens with one attached hydrogen (secondary N) is 1. The molecule has 0 aliphatic carbocycles. The van der Waals surface area contributed by atoms with E-state index in [2.05, 4.69) is 50.1 Å². The Bertz CT molecular complexity index is 382. The van der Waals surface area contributed by atoms with Gasteiger partial charge in [0.2, 0.25) is 0 Å². The smallest absolute Gasteiger partial charge is 0.131 e. The van der Waals surface area contributed by atoms with E-state index < -0.39 is 0 Å². The van der Waals surface area contributed by atoms with Crippen LogP contribution in [0.1, 0.15) is 51.3 Å². The number of unbranched alkanes of at least 4 members (excludes halogenated alkanes) is 2. The number of hydrogen-bond donors (Lipinski definition) is 1. The Morgan fingerprint density at radius 2 is 2.00 bits per heavy atom. The predicted molar refractivity (Wildman–Crippen MR) is 82.7 cm³/mol. The molecule has 0 bridgehead atoms. The second-order valence-corrected chi connectivity index (χ2v) is 5.54. The van der Waals surface area contributed by atoms with Crippen molar-refractivity contribution in [3.63, 3.8) is 0 Å². The van der Waals surface area contributed by atoms with Crippen LogP contribution in [0.15, 0.2) is 0 Å². The van der Waals surface area contributed by atoms with E-state index in [1.54, 1.807) is 0 Å². The Kier molecular flexibility index (Phi) is 6.35. The van der Waals surface area contributed by atoms with E-state index >= 15 is 0 Å². The molecule has 0 spiro atoms. The molecule has 1 rings (SSSR count). The standard InChI is InChI=1S/C15H30N4/c1-7-8-9-10-19(12(2)3)15-14(11-16-5)13(4)17-18(15)6/h12,16H,7-11H2,1-6H3. The second kappa shape index (κ2) is 7.53. The van der Waals surface area contributed by atoms with Crippen molar-refractivity contribution in [1.82, 2.24) is 15.1 Å². The van der Waals surface area contributed by atoms with E-state index in [-0.39, 0.29) is 0 Å². The zero-order chi connectivity index (χ0) is 14.4. The number of aromatic nitrogens is 2. The summed E-state index contributed by atoms with van der Waals surface area (Å²) in [5.41, 5.74) is 2.46. The molecule has 0 atom stereocenters. The summed E-state index contributed by atoms with van der Waals surface area (Å²) in [5.74, 6) is 1.28. The van der Waals surface area contributed by atoms with Crippen LogP contribution >= 0.6 is 0 Å². The Balaban J connectivity index is 3.00. The number of nitrogens with zero attached hydrogens (tertiary/aromatic N) is 3.